The van der Waals surface area contributed by atoms with E-state index < -0.39 is 0 Å². The number of hydrogen-bond acceptors (Lipinski definition) is 3. The van der Waals surface area contributed by atoms with Crippen molar-refractivity contribution in [2.75, 3.05) is 7.11 Å². The first-order valence-corrected chi connectivity index (χ1v) is 6.37. The Morgan fingerprint density at radius 2 is 1.50 bits per heavy atom. The number of nitrogens with two attached hydrogens (primary N) is 1. The first-order valence-electron chi connectivity index (χ1n) is 6.37. The van der Waals surface area contributed by atoms with E-state index in [0.29, 0.717) is 0 Å². The van der Waals surface area contributed by atoms with Crippen molar-refractivity contribution < 1.29 is 15.0 Å². The van der Waals surface area contributed by atoms with E-state index in [1.807, 2.05) is 24.3 Å². The predicted molar refractivity (Wildman–Crippen MR) is 75.4 cm³/mol. The molecular weight excluding hydrogens is 256 g/mol. The Bertz CT molecular complexity index is 565. The summed E-state index contributed by atoms with van der Waals surface area (Å²) >= 11 is 0. The number of ether oxygens (including phenoxy) is 1. The van der Waals surface area contributed by atoms with Crippen molar-refractivity contribution in [1.82, 2.24) is 0 Å². The van der Waals surface area contributed by atoms with Gasteiger partial charge in [-0.05, 0) is 36.4 Å². The number of nitro groups is 1. The zero-order chi connectivity index (χ0) is 14.4. The Labute approximate surface area is 117 Å². The van der Waals surface area contributed by atoms with Crippen LogP contribution in [0.4, 0.5) is 5.69 Å². The van der Waals surface area contributed by atoms with E-state index >= 15 is 0 Å². The fraction of sp³-hybridized carbons (Fsp3) is 0.200. The van der Waals surface area contributed by atoms with Crippen LogP contribution in [-0.2, 0) is 13.1 Å². The number of non-ortho nitro benzene ring substituents is 1. The Kier molecular flexibility index (Phi) is 4.68. The smallest absolute Gasteiger partial charge is 0.269 e. The standard InChI is InChI=1S/C15H16N2O3/c1-20-15-8-4-13(5-9-15)11-16-10-12-2-6-14(7-3-12)17(18)19/h2-9,16H,10-11H2,1H3/p+1. The summed E-state index contributed by atoms with van der Waals surface area (Å²) in [6, 6.07) is 14.6. The first-order chi connectivity index (χ1) is 9.69. The molecule has 0 heterocycles. The molecule has 2 rings (SSSR count). The molecule has 20 heavy (non-hydrogen) atoms. The van der Waals surface area contributed by atoms with Gasteiger partial charge in [0, 0.05) is 23.3 Å². The van der Waals surface area contributed by atoms with Crippen LogP contribution < -0.4 is 10.1 Å². The summed E-state index contributed by atoms with van der Waals surface area (Å²) in [6.45, 7) is 1.66. The summed E-state index contributed by atoms with van der Waals surface area (Å²) in [7, 11) is 1.65. The number of rotatable bonds is 6. The molecule has 0 atom stereocenters. The van der Waals surface area contributed by atoms with Gasteiger partial charge in [0.2, 0.25) is 0 Å². The minimum absolute atomic E-state index is 0.129. The molecule has 0 saturated heterocycles. The molecule has 5 nitrogen and oxygen atoms in total. The molecule has 2 aromatic carbocycles. The van der Waals surface area contributed by atoms with Crippen molar-refractivity contribution in [3.05, 3.63) is 69.8 Å². The van der Waals surface area contributed by atoms with E-state index in [2.05, 4.69) is 5.32 Å². The maximum absolute atomic E-state index is 10.6. The topological polar surface area (TPSA) is 69.0 Å². The summed E-state index contributed by atoms with van der Waals surface area (Å²) in [6.07, 6.45) is 0. The van der Waals surface area contributed by atoms with Gasteiger partial charge in [-0.15, -0.1) is 0 Å². The van der Waals surface area contributed by atoms with E-state index in [1.165, 1.54) is 17.7 Å². The van der Waals surface area contributed by atoms with Crippen LogP contribution in [0, 0.1) is 10.1 Å². The minimum atomic E-state index is -0.384. The molecule has 0 aliphatic rings. The largest absolute Gasteiger partial charge is 0.497 e. The lowest BCUT2D eigenvalue weighted by atomic mass is 10.2. The molecule has 0 aliphatic heterocycles. The van der Waals surface area contributed by atoms with Gasteiger partial charge < -0.3 is 10.1 Å². The van der Waals surface area contributed by atoms with Crippen molar-refractivity contribution in [1.29, 1.82) is 0 Å². The van der Waals surface area contributed by atoms with E-state index in [0.717, 1.165) is 24.4 Å². The number of nitrogens with zero attached hydrogens (tertiary/aromatic N) is 1. The van der Waals surface area contributed by atoms with Crippen molar-refractivity contribution in [3.8, 4) is 5.75 Å². The second-order valence-electron chi connectivity index (χ2n) is 4.47. The summed E-state index contributed by atoms with van der Waals surface area (Å²) in [5.41, 5.74) is 2.42. The second kappa shape index (κ2) is 6.68. The van der Waals surface area contributed by atoms with Crippen molar-refractivity contribution in [2.45, 2.75) is 13.1 Å². The average Bonchev–Trinajstić information content (AvgIpc) is 2.48. The summed E-state index contributed by atoms with van der Waals surface area (Å²) in [5.74, 6) is 0.851. The number of hydrogen-bond donors (Lipinski definition) is 1. The zero-order valence-electron chi connectivity index (χ0n) is 11.3. The molecule has 0 bridgehead atoms. The molecule has 0 aromatic heterocycles. The molecule has 5 heteroatoms. The molecule has 0 radical (unpaired) electrons. The van der Waals surface area contributed by atoms with Gasteiger partial charge in [0.25, 0.3) is 5.69 Å². The van der Waals surface area contributed by atoms with Crippen LogP contribution >= 0.6 is 0 Å². The number of methoxy groups -OCH3 is 1. The normalized spacial score (nSPS) is 10.2. The van der Waals surface area contributed by atoms with Gasteiger partial charge in [-0.2, -0.15) is 0 Å². The molecule has 0 saturated carbocycles. The summed E-state index contributed by atoms with van der Waals surface area (Å²) in [4.78, 5) is 10.2. The van der Waals surface area contributed by atoms with Gasteiger partial charge in [-0.3, -0.25) is 10.1 Å². The highest BCUT2D eigenvalue weighted by molar-refractivity contribution is 5.32. The lowest BCUT2D eigenvalue weighted by molar-refractivity contribution is -0.686. The third-order valence-electron chi connectivity index (χ3n) is 3.07. The van der Waals surface area contributed by atoms with Crippen LogP contribution in [0.2, 0.25) is 0 Å². The molecule has 2 N–H and O–H groups in total. The molecule has 0 aliphatic carbocycles. The average molecular weight is 273 g/mol. The van der Waals surface area contributed by atoms with Crippen molar-refractivity contribution in [2.24, 2.45) is 0 Å². The maximum Gasteiger partial charge on any atom is 0.269 e. The Balaban J connectivity index is 1.84. The number of quaternary nitrogens is 1. The second-order valence-corrected chi connectivity index (χ2v) is 4.47. The van der Waals surface area contributed by atoms with E-state index in [4.69, 9.17) is 4.74 Å². The van der Waals surface area contributed by atoms with Gasteiger partial charge in [0.15, 0.2) is 0 Å². The molecule has 104 valence electrons. The highest BCUT2D eigenvalue weighted by atomic mass is 16.6. The van der Waals surface area contributed by atoms with Gasteiger partial charge in [0.05, 0.1) is 12.0 Å². The zero-order valence-corrected chi connectivity index (χ0v) is 11.3. The van der Waals surface area contributed by atoms with Crippen LogP contribution in [0.5, 0.6) is 5.75 Å². The molecule has 0 unspecified atom stereocenters. The molecule has 2 aromatic rings. The van der Waals surface area contributed by atoms with Crippen LogP contribution in [0.15, 0.2) is 48.5 Å². The lowest BCUT2D eigenvalue weighted by Crippen LogP contribution is -2.80. The van der Waals surface area contributed by atoms with Crippen LogP contribution in [0.25, 0.3) is 0 Å². The fourth-order valence-corrected chi connectivity index (χ4v) is 1.92. The SMILES string of the molecule is COc1ccc(C[NH2+]Cc2ccc([N+](=O)[O-])cc2)cc1. The van der Waals surface area contributed by atoms with Crippen molar-refractivity contribution in [3.63, 3.8) is 0 Å². The lowest BCUT2D eigenvalue weighted by Gasteiger charge is -2.04. The Hall–Kier alpha value is -2.40. The van der Waals surface area contributed by atoms with Gasteiger partial charge in [0.1, 0.15) is 18.8 Å². The quantitative estimate of drug-likeness (QED) is 0.645. The highest BCUT2D eigenvalue weighted by Gasteiger charge is 2.04. The molecule has 0 fully saturated rings. The summed E-state index contributed by atoms with van der Waals surface area (Å²) < 4.78 is 5.11. The third kappa shape index (κ3) is 3.80. The van der Waals surface area contributed by atoms with E-state index in [9.17, 15) is 10.1 Å². The monoisotopic (exact) mass is 273 g/mol. The van der Waals surface area contributed by atoms with Gasteiger partial charge >= 0.3 is 0 Å². The molecular formula is C15H17N2O3+. The fourth-order valence-electron chi connectivity index (χ4n) is 1.92. The van der Waals surface area contributed by atoms with E-state index in [1.54, 1.807) is 19.2 Å². The first kappa shape index (κ1) is 14.0. The highest BCUT2D eigenvalue weighted by Crippen LogP contribution is 2.11. The predicted octanol–water partition coefficient (Wildman–Crippen LogP) is 1.87. The van der Waals surface area contributed by atoms with Crippen LogP contribution in [0.3, 0.4) is 0 Å². The Morgan fingerprint density at radius 3 is 1.95 bits per heavy atom. The summed E-state index contributed by atoms with van der Waals surface area (Å²) in [5, 5.41) is 12.7. The minimum Gasteiger partial charge on any atom is -0.497 e. The Morgan fingerprint density at radius 1 is 1.00 bits per heavy atom. The number of benzene rings is 2. The number of nitro benzene ring substituents is 1. The van der Waals surface area contributed by atoms with Gasteiger partial charge in [-0.25, -0.2) is 0 Å². The maximum atomic E-state index is 10.6. The third-order valence-corrected chi connectivity index (χ3v) is 3.07. The van der Waals surface area contributed by atoms with E-state index in [-0.39, 0.29) is 10.6 Å². The van der Waals surface area contributed by atoms with Crippen LogP contribution in [0.1, 0.15) is 11.1 Å². The van der Waals surface area contributed by atoms with Gasteiger partial charge in [-0.1, -0.05) is 0 Å². The molecule has 0 spiro atoms. The van der Waals surface area contributed by atoms with Crippen LogP contribution in [-0.4, -0.2) is 12.0 Å². The van der Waals surface area contributed by atoms with Crippen molar-refractivity contribution >= 4 is 5.69 Å². The molecule has 0 amide bonds.